The van der Waals surface area contributed by atoms with E-state index in [0.29, 0.717) is 0 Å². The van der Waals surface area contributed by atoms with Gasteiger partial charge in [-0.25, -0.2) is 0 Å². The molecule has 246 valence electrons. The molecule has 1 aromatic rings. The smallest absolute Gasteiger partial charge is 0.161 e. The lowest BCUT2D eigenvalue weighted by Gasteiger charge is -2.19. The fraction of sp³-hybridized carbons (Fsp3) is 0.850. The van der Waals surface area contributed by atoms with E-state index in [0.717, 1.165) is 32.5 Å². The highest BCUT2D eigenvalue weighted by molar-refractivity contribution is 5.15. The Kier molecular flexibility index (Phi) is 30.8. The van der Waals surface area contributed by atoms with Crippen molar-refractivity contribution in [2.45, 2.75) is 206 Å². The normalized spacial score (nSPS) is 11.6. The molecule has 2 nitrogen and oxygen atoms in total. The van der Waals surface area contributed by atoms with E-state index < -0.39 is 0 Å². The van der Waals surface area contributed by atoms with Gasteiger partial charge in [0.1, 0.15) is 0 Å². The van der Waals surface area contributed by atoms with Crippen molar-refractivity contribution in [3.63, 3.8) is 0 Å². The molecule has 0 amide bonds. The molecule has 0 spiro atoms. The van der Waals surface area contributed by atoms with Gasteiger partial charge in [0, 0.05) is 19.6 Å². The summed E-state index contributed by atoms with van der Waals surface area (Å²) in [6.07, 6.45) is 39.7. The highest BCUT2D eigenvalue weighted by Crippen LogP contribution is 2.16. The zero-order valence-corrected chi connectivity index (χ0v) is 28.7. The van der Waals surface area contributed by atoms with Gasteiger partial charge < -0.3 is 9.47 Å². The van der Waals surface area contributed by atoms with E-state index in [1.807, 2.05) is 0 Å². The second-order valence-corrected chi connectivity index (χ2v) is 13.1. The highest BCUT2D eigenvalue weighted by atomic mass is 16.7. The number of hydrogen-bond donors (Lipinski definition) is 0. The molecule has 0 fully saturated rings. The van der Waals surface area contributed by atoms with Crippen LogP contribution in [0.5, 0.6) is 0 Å². The van der Waals surface area contributed by atoms with Crippen molar-refractivity contribution >= 4 is 0 Å². The molecule has 0 aromatic heterocycles. The van der Waals surface area contributed by atoms with Crippen LogP contribution in [0, 0.1) is 0 Å². The van der Waals surface area contributed by atoms with Gasteiger partial charge in [0.25, 0.3) is 0 Å². The molecule has 0 aliphatic heterocycles. The fourth-order valence-corrected chi connectivity index (χ4v) is 6.00. The number of hydrogen-bond acceptors (Lipinski definition) is 2. The van der Waals surface area contributed by atoms with Crippen molar-refractivity contribution in [1.82, 2.24) is 0 Å². The van der Waals surface area contributed by atoms with Gasteiger partial charge in [0.05, 0.1) is 0 Å². The van der Waals surface area contributed by atoms with Crippen LogP contribution in [0.1, 0.15) is 199 Å². The summed E-state index contributed by atoms with van der Waals surface area (Å²) in [5.74, 6) is 0. The van der Waals surface area contributed by atoms with Crippen LogP contribution in [0.3, 0.4) is 0 Å². The summed E-state index contributed by atoms with van der Waals surface area (Å²) in [5, 5.41) is 0. The number of rotatable bonds is 34. The topological polar surface area (TPSA) is 18.5 Å². The summed E-state index contributed by atoms with van der Waals surface area (Å²) < 4.78 is 12.5. The van der Waals surface area contributed by atoms with E-state index in [1.165, 1.54) is 173 Å². The Bertz CT molecular complexity index is 581. The predicted octanol–water partition coefficient (Wildman–Crippen LogP) is 13.6. The molecule has 0 aliphatic carbocycles. The van der Waals surface area contributed by atoms with Crippen molar-refractivity contribution < 1.29 is 9.47 Å². The summed E-state index contributed by atoms with van der Waals surface area (Å²) in [7, 11) is 0. The van der Waals surface area contributed by atoms with Crippen LogP contribution in [0.2, 0.25) is 0 Å². The first-order valence-corrected chi connectivity index (χ1v) is 19.1. The van der Waals surface area contributed by atoms with Crippen LogP contribution >= 0.6 is 0 Å². The van der Waals surface area contributed by atoms with Crippen LogP contribution in [0.25, 0.3) is 0 Å². The Morgan fingerprint density at radius 3 is 0.976 bits per heavy atom. The first-order chi connectivity index (χ1) is 20.9. The largest absolute Gasteiger partial charge is 0.352 e. The Hall–Kier alpha value is -0.860. The van der Waals surface area contributed by atoms with E-state index in [-0.39, 0.29) is 6.29 Å². The maximum Gasteiger partial charge on any atom is 0.161 e. The highest BCUT2D eigenvalue weighted by Gasteiger charge is 2.10. The molecule has 0 bridgehead atoms. The predicted molar refractivity (Wildman–Crippen MR) is 186 cm³/mol. The minimum absolute atomic E-state index is 0.101. The average Bonchev–Trinajstić information content (AvgIpc) is 3.01. The zero-order valence-electron chi connectivity index (χ0n) is 28.7. The molecular formula is C40H74O2. The van der Waals surface area contributed by atoms with Gasteiger partial charge >= 0.3 is 0 Å². The molecule has 1 aromatic carbocycles. The van der Waals surface area contributed by atoms with Gasteiger partial charge in [0.15, 0.2) is 6.29 Å². The molecule has 0 N–H and O–H groups in total. The van der Waals surface area contributed by atoms with E-state index >= 15 is 0 Å². The van der Waals surface area contributed by atoms with E-state index in [1.54, 1.807) is 0 Å². The van der Waals surface area contributed by atoms with Crippen molar-refractivity contribution in [1.29, 1.82) is 0 Å². The summed E-state index contributed by atoms with van der Waals surface area (Å²) in [6.45, 7) is 6.25. The van der Waals surface area contributed by atoms with Gasteiger partial charge in [-0.1, -0.05) is 211 Å². The minimum atomic E-state index is -0.101. The number of unbranched alkanes of at least 4 members (excludes halogenated alkanes) is 26. The Morgan fingerprint density at radius 1 is 0.381 bits per heavy atom. The third-order valence-corrected chi connectivity index (χ3v) is 8.85. The van der Waals surface area contributed by atoms with Crippen LogP contribution in [-0.4, -0.2) is 19.5 Å². The summed E-state index contributed by atoms with van der Waals surface area (Å²) in [6, 6.07) is 10.7. The van der Waals surface area contributed by atoms with Gasteiger partial charge in [-0.05, 0) is 18.4 Å². The molecule has 0 unspecified atom stereocenters. The molecule has 0 radical (unpaired) electrons. The molecule has 1 rings (SSSR count). The lowest BCUT2D eigenvalue weighted by Crippen LogP contribution is -2.21. The Labute approximate surface area is 264 Å². The zero-order chi connectivity index (χ0) is 30.0. The average molecular weight is 587 g/mol. The number of ether oxygens (including phenoxy) is 2. The van der Waals surface area contributed by atoms with Gasteiger partial charge in [0.2, 0.25) is 0 Å². The quantitative estimate of drug-likeness (QED) is 0.0590. The first kappa shape index (κ1) is 39.2. The van der Waals surface area contributed by atoms with E-state index in [4.69, 9.17) is 9.47 Å². The van der Waals surface area contributed by atoms with Crippen LogP contribution in [0.15, 0.2) is 30.3 Å². The van der Waals surface area contributed by atoms with Crippen molar-refractivity contribution in [3.05, 3.63) is 35.9 Å². The van der Waals surface area contributed by atoms with Gasteiger partial charge in [-0.15, -0.1) is 0 Å². The summed E-state index contributed by atoms with van der Waals surface area (Å²) in [4.78, 5) is 0. The van der Waals surface area contributed by atoms with Crippen molar-refractivity contribution in [2.24, 2.45) is 0 Å². The molecule has 0 atom stereocenters. The first-order valence-electron chi connectivity index (χ1n) is 19.1. The minimum Gasteiger partial charge on any atom is -0.352 e. The molecule has 2 heteroatoms. The van der Waals surface area contributed by atoms with Crippen molar-refractivity contribution in [2.75, 3.05) is 13.2 Å². The number of benzene rings is 1. The third-order valence-electron chi connectivity index (χ3n) is 8.85. The maximum atomic E-state index is 6.25. The van der Waals surface area contributed by atoms with Crippen molar-refractivity contribution in [3.8, 4) is 0 Å². The van der Waals surface area contributed by atoms with Crippen LogP contribution in [0.4, 0.5) is 0 Å². The lowest BCUT2D eigenvalue weighted by atomic mass is 10.0. The van der Waals surface area contributed by atoms with Crippen LogP contribution < -0.4 is 0 Å². The Morgan fingerprint density at radius 2 is 0.667 bits per heavy atom. The molecule has 0 aliphatic rings. The summed E-state index contributed by atoms with van der Waals surface area (Å²) in [5.41, 5.74) is 1.31. The van der Waals surface area contributed by atoms with E-state index in [9.17, 15) is 0 Å². The maximum absolute atomic E-state index is 6.25. The molecule has 0 saturated carbocycles. The summed E-state index contributed by atoms with van der Waals surface area (Å²) >= 11 is 0. The van der Waals surface area contributed by atoms with Gasteiger partial charge in [-0.3, -0.25) is 0 Å². The third kappa shape index (κ3) is 27.9. The van der Waals surface area contributed by atoms with E-state index in [2.05, 4.69) is 44.2 Å². The molecule has 42 heavy (non-hydrogen) atoms. The second kappa shape index (κ2) is 33.0. The molecule has 0 heterocycles. The standard InChI is InChI=1S/C40H74O2/c1-3-5-7-9-11-13-15-17-19-21-23-25-27-32-36-41-40(38-39-34-30-29-31-35-39)42-37-33-28-26-24-22-20-18-16-14-12-10-8-6-4-2/h29-31,34-35,40H,3-28,32-33,36-38H2,1-2H3. The monoisotopic (exact) mass is 587 g/mol. The fourth-order valence-electron chi connectivity index (χ4n) is 6.00. The lowest BCUT2D eigenvalue weighted by molar-refractivity contribution is -0.142. The Balaban J connectivity index is 2.00. The SMILES string of the molecule is CCCCCCCCCCCCCCCCOC(Cc1ccccc1)OCCCCCCCCCCCCCCCC. The van der Waals surface area contributed by atoms with Crippen LogP contribution in [-0.2, 0) is 15.9 Å². The molecule has 0 saturated heterocycles. The molecular weight excluding hydrogens is 512 g/mol. The van der Waals surface area contributed by atoms with Gasteiger partial charge in [-0.2, -0.15) is 0 Å². The second-order valence-electron chi connectivity index (χ2n) is 13.1.